The van der Waals surface area contributed by atoms with Crippen molar-refractivity contribution in [1.29, 1.82) is 0 Å². The number of carboxylic acid groups (broad SMARTS) is 1. The van der Waals surface area contributed by atoms with Crippen molar-refractivity contribution in [3.05, 3.63) is 59.2 Å². The van der Waals surface area contributed by atoms with Crippen molar-refractivity contribution < 1.29 is 24.2 Å². The number of nitrogens with zero attached hydrogens (tertiary/aromatic N) is 1. The van der Waals surface area contributed by atoms with E-state index in [1.165, 1.54) is 24.4 Å². The average molecular weight is 290 g/mol. The number of aromatic hydroxyl groups is 1. The van der Waals surface area contributed by atoms with Gasteiger partial charge in [0.2, 0.25) is 0 Å². The van der Waals surface area contributed by atoms with E-state index in [0.717, 1.165) is 12.1 Å². The molecule has 0 unspecified atom stereocenters. The lowest BCUT2D eigenvalue weighted by Crippen LogP contribution is -2.23. The third-order valence-corrected chi connectivity index (χ3v) is 2.70. The molecule has 0 saturated heterocycles. The highest BCUT2D eigenvalue weighted by Crippen LogP contribution is 2.17. The molecular formula is C14H11FN2O4. The number of phenolic OH excluding ortho intramolecular Hbond substituents is 1. The number of carbonyl (C=O) groups excluding carboxylic acids is 1. The Labute approximate surface area is 118 Å². The molecule has 1 aromatic heterocycles. The largest absolute Gasteiger partial charge is 0.507 e. The SMILES string of the molecule is O=C(O)c1ccc(CNC(=O)c2ccc(F)cc2O)cn1. The fraction of sp³-hybridized carbons (Fsp3) is 0.0714. The molecule has 0 saturated carbocycles. The average Bonchev–Trinajstić information content (AvgIpc) is 2.45. The van der Waals surface area contributed by atoms with Crippen LogP contribution in [0.2, 0.25) is 0 Å². The Bertz CT molecular complexity index is 686. The fourth-order valence-corrected chi connectivity index (χ4v) is 1.63. The van der Waals surface area contributed by atoms with Crippen molar-refractivity contribution in [2.75, 3.05) is 0 Å². The number of hydrogen-bond acceptors (Lipinski definition) is 4. The van der Waals surface area contributed by atoms with Crippen molar-refractivity contribution in [2.24, 2.45) is 0 Å². The van der Waals surface area contributed by atoms with Crippen molar-refractivity contribution >= 4 is 11.9 Å². The van der Waals surface area contributed by atoms with E-state index < -0.39 is 23.4 Å². The third kappa shape index (κ3) is 3.53. The van der Waals surface area contributed by atoms with Crippen LogP contribution in [0.15, 0.2) is 36.5 Å². The van der Waals surface area contributed by atoms with Crippen LogP contribution in [0, 0.1) is 5.82 Å². The maximum Gasteiger partial charge on any atom is 0.354 e. The zero-order chi connectivity index (χ0) is 15.4. The van der Waals surface area contributed by atoms with E-state index in [2.05, 4.69) is 10.3 Å². The van der Waals surface area contributed by atoms with Gasteiger partial charge in [0, 0.05) is 18.8 Å². The molecule has 0 aliphatic rings. The first-order chi connectivity index (χ1) is 9.97. The highest BCUT2D eigenvalue weighted by atomic mass is 19.1. The minimum atomic E-state index is -1.14. The highest BCUT2D eigenvalue weighted by molar-refractivity contribution is 5.96. The third-order valence-electron chi connectivity index (χ3n) is 2.70. The van der Waals surface area contributed by atoms with Gasteiger partial charge in [-0.1, -0.05) is 6.07 Å². The van der Waals surface area contributed by atoms with Crippen LogP contribution in [0.1, 0.15) is 26.4 Å². The van der Waals surface area contributed by atoms with E-state index in [-0.39, 0.29) is 17.8 Å². The number of hydrogen-bond donors (Lipinski definition) is 3. The van der Waals surface area contributed by atoms with E-state index in [0.29, 0.717) is 5.56 Å². The Balaban J connectivity index is 2.02. The molecule has 0 aliphatic heterocycles. The minimum absolute atomic E-state index is 0.0495. The number of rotatable bonds is 4. The fourth-order valence-electron chi connectivity index (χ4n) is 1.63. The Morgan fingerprint density at radius 1 is 1.24 bits per heavy atom. The summed E-state index contributed by atoms with van der Waals surface area (Å²) in [6.07, 6.45) is 1.33. The first-order valence-electron chi connectivity index (χ1n) is 5.92. The number of nitrogens with one attached hydrogen (secondary N) is 1. The number of pyridine rings is 1. The topological polar surface area (TPSA) is 99.5 Å². The summed E-state index contributed by atoms with van der Waals surface area (Å²) in [5, 5.41) is 20.7. The van der Waals surface area contributed by atoms with Crippen LogP contribution in [-0.2, 0) is 6.54 Å². The lowest BCUT2D eigenvalue weighted by Gasteiger charge is -2.07. The van der Waals surface area contributed by atoms with Gasteiger partial charge >= 0.3 is 5.97 Å². The normalized spacial score (nSPS) is 10.1. The van der Waals surface area contributed by atoms with Crippen LogP contribution >= 0.6 is 0 Å². The van der Waals surface area contributed by atoms with Gasteiger partial charge in [-0.25, -0.2) is 14.2 Å². The van der Waals surface area contributed by atoms with Crippen molar-refractivity contribution in [1.82, 2.24) is 10.3 Å². The first kappa shape index (κ1) is 14.4. The molecule has 3 N–H and O–H groups in total. The molecule has 0 aliphatic carbocycles. The summed E-state index contributed by atoms with van der Waals surface area (Å²) in [6, 6.07) is 5.92. The summed E-state index contributed by atoms with van der Waals surface area (Å²) in [5.41, 5.74) is 0.447. The molecule has 0 fully saturated rings. The number of phenols is 1. The number of benzene rings is 1. The Kier molecular flexibility index (Phi) is 4.13. The van der Waals surface area contributed by atoms with Gasteiger partial charge in [0.05, 0.1) is 5.56 Å². The second kappa shape index (κ2) is 6.00. The van der Waals surface area contributed by atoms with Gasteiger partial charge in [-0.05, 0) is 23.8 Å². The quantitative estimate of drug-likeness (QED) is 0.793. The van der Waals surface area contributed by atoms with E-state index in [9.17, 15) is 19.1 Å². The monoisotopic (exact) mass is 290 g/mol. The molecule has 1 heterocycles. The van der Waals surface area contributed by atoms with E-state index in [4.69, 9.17) is 5.11 Å². The molecule has 0 bridgehead atoms. The van der Waals surface area contributed by atoms with Crippen LogP contribution in [0.25, 0.3) is 0 Å². The molecule has 2 aromatic rings. The molecule has 0 radical (unpaired) electrons. The smallest absolute Gasteiger partial charge is 0.354 e. The van der Waals surface area contributed by atoms with Gasteiger partial charge in [-0.2, -0.15) is 0 Å². The van der Waals surface area contributed by atoms with E-state index >= 15 is 0 Å². The van der Waals surface area contributed by atoms with Gasteiger partial charge in [0.15, 0.2) is 0 Å². The van der Waals surface area contributed by atoms with Gasteiger partial charge in [0.1, 0.15) is 17.3 Å². The Hall–Kier alpha value is -2.96. The maximum atomic E-state index is 12.8. The number of aromatic nitrogens is 1. The number of aromatic carboxylic acids is 1. The molecule has 6 nitrogen and oxygen atoms in total. The molecule has 7 heteroatoms. The summed E-state index contributed by atoms with van der Waals surface area (Å²) >= 11 is 0. The summed E-state index contributed by atoms with van der Waals surface area (Å²) < 4.78 is 12.8. The zero-order valence-electron chi connectivity index (χ0n) is 10.7. The lowest BCUT2D eigenvalue weighted by atomic mass is 10.1. The molecule has 0 spiro atoms. The first-order valence-corrected chi connectivity index (χ1v) is 5.92. The van der Waals surface area contributed by atoms with Gasteiger partial charge in [-0.15, -0.1) is 0 Å². The Morgan fingerprint density at radius 3 is 2.57 bits per heavy atom. The van der Waals surface area contributed by atoms with Crippen LogP contribution in [0.5, 0.6) is 5.75 Å². The molecular weight excluding hydrogens is 279 g/mol. The van der Waals surface area contributed by atoms with Crippen LogP contribution in [0.4, 0.5) is 4.39 Å². The summed E-state index contributed by atoms with van der Waals surface area (Å²) in [5.74, 6) is -2.80. The van der Waals surface area contributed by atoms with Crippen LogP contribution in [-0.4, -0.2) is 27.1 Å². The highest BCUT2D eigenvalue weighted by Gasteiger charge is 2.11. The second-order valence-corrected chi connectivity index (χ2v) is 4.20. The van der Waals surface area contributed by atoms with Crippen molar-refractivity contribution in [2.45, 2.75) is 6.54 Å². The van der Waals surface area contributed by atoms with Crippen LogP contribution < -0.4 is 5.32 Å². The van der Waals surface area contributed by atoms with Crippen LogP contribution in [0.3, 0.4) is 0 Å². The molecule has 2 rings (SSSR count). The maximum absolute atomic E-state index is 12.8. The van der Waals surface area contributed by atoms with Gasteiger partial charge < -0.3 is 15.5 Å². The molecule has 1 aromatic carbocycles. The summed E-state index contributed by atoms with van der Waals surface area (Å²) in [4.78, 5) is 26.2. The number of amides is 1. The minimum Gasteiger partial charge on any atom is -0.507 e. The summed E-state index contributed by atoms with van der Waals surface area (Å²) in [6.45, 7) is 0.0998. The molecule has 108 valence electrons. The number of halogens is 1. The lowest BCUT2D eigenvalue weighted by molar-refractivity contribution is 0.0690. The number of carbonyl (C=O) groups is 2. The standard InChI is InChI=1S/C14H11FN2O4/c15-9-2-3-10(12(18)5-9)13(19)17-7-8-1-4-11(14(20)21)16-6-8/h1-6,18H,7H2,(H,17,19)(H,20,21). The van der Waals surface area contributed by atoms with E-state index in [1.54, 1.807) is 0 Å². The Morgan fingerprint density at radius 2 is 2.00 bits per heavy atom. The van der Waals surface area contributed by atoms with Crippen molar-refractivity contribution in [3.8, 4) is 5.75 Å². The molecule has 21 heavy (non-hydrogen) atoms. The van der Waals surface area contributed by atoms with Gasteiger partial charge in [-0.3, -0.25) is 4.79 Å². The van der Waals surface area contributed by atoms with Crippen molar-refractivity contribution in [3.63, 3.8) is 0 Å². The predicted octanol–water partition coefficient (Wildman–Crippen LogP) is 1.55. The van der Waals surface area contributed by atoms with Gasteiger partial charge in [0.25, 0.3) is 5.91 Å². The molecule has 0 atom stereocenters. The van der Waals surface area contributed by atoms with E-state index in [1.807, 2.05) is 0 Å². The zero-order valence-corrected chi connectivity index (χ0v) is 10.7. The predicted molar refractivity (Wildman–Crippen MR) is 70.4 cm³/mol. The second-order valence-electron chi connectivity index (χ2n) is 4.20. The molecule has 1 amide bonds. The summed E-state index contributed by atoms with van der Waals surface area (Å²) in [7, 11) is 0. The number of carboxylic acids is 1.